The summed E-state index contributed by atoms with van der Waals surface area (Å²) in [4.78, 5) is 11.6. The number of nitrogens with one attached hydrogen (secondary N) is 1. The third-order valence-electron chi connectivity index (χ3n) is 5.54. The van der Waals surface area contributed by atoms with Gasteiger partial charge in [0.25, 0.3) is 0 Å². The molecule has 0 amide bonds. The fourth-order valence-corrected chi connectivity index (χ4v) is 4.04. The molecular weight excluding hydrogens is 331 g/mol. The molecule has 1 aromatic heterocycles. The Kier molecular flexibility index (Phi) is 5.31. The number of hydrogen-bond donors (Lipinski definition) is 1. The number of halogens is 1. The molecule has 140 valence electrons. The Labute approximate surface area is 154 Å². The van der Waals surface area contributed by atoms with Gasteiger partial charge in [0.1, 0.15) is 5.82 Å². The summed E-state index contributed by atoms with van der Waals surface area (Å²) in [6.07, 6.45) is 5.64. The fourth-order valence-electron chi connectivity index (χ4n) is 4.04. The molecule has 0 spiro atoms. The van der Waals surface area contributed by atoms with Gasteiger partial charge in [0.05, 0.1) is 11.2 Å². The van der Waals surface area contributed by atoms with E-state index in [1.54, 1.807) is 6.07 Å². The van der Waals surface area contributed by atoms with E-state index in [1.807, 2.05) is 6.92 Å². The maximum Gasteiger partial charge on any atom is 0.226 e. The minimum Gasteiger partial charge on any atom is -0.381 e. The highest BCUT2D eigenvalue weighted by atomic mass is 19.1. The van der Waals surface area contributed by atoms with Crippen molar-refractivity contribution in [3.05, 3.63) is 29.7 Å². The van der Waals surface area contributed by atoms with Crippen LogP contribution in [-0.2, 0) is 4.74 Å². The second kappa shape index (κ2) is 7.84. The van der Waals surface area contributed by atoms with Crippen molar-refractivity contribution in [2.45, 2.75) is 51.1 Å². The Bertz CT molecular complexity index is 763. The Balaban J connectivity index is 1.45. The van der Waals surface area contributed by atoms with Crippen molar-refractivity contribution in [3.8, 4) is 0 Å². The number of anilines is 1. The van der Waals surface area contributed by atoms with E-state index in [0.29, 0.717) is 12.1 Å². The van der Waals surface area contributed by atoms with Gasteiger partial charge < -0.3 is 15.0 Å². The van der Waals surface area contributed by atoms with E-state index >= 15 is 0 Å². The summed E-state index contributed by atoms with van der Waals surface area (Å²) in [7, 11) is 0. The van der Waals surface area contributed by atoms with Crippen LogP contribution in [0.5, 0.6) is 0 Å². The monoisotopic (exact) mass is 358 g/mol. The summed E-state index contributed by atoms with van der Waals surface area (Å²) >= 11 is 0. The molecular formula is C20H27FN4O. The quantitative estimate of drug-likeness (QED) is 0.913. The summed E-state index contributed by atoms with van der Waals surface area (Å²) in [5.74, 6) is 0.530. The van der Waals surface area contributed by atoms with Crippen molar-refractivity contribution in [2.75, 3.05) is 31.2 Å². The minimum absolute atomic E-state index is 0.242. The smallest absolute Gasteiger partial charge is 0.226 e. The first-order valence-electron chi connectivity index (χ1n) is 9.72. The summed E-state index contributed by atoms with van der Waals surface area (Å²) < 4.78 is 18.9. The van der Waals surface area contributed by atoms with Gasteiger partial charge in [-0.1, -0.05) is 0 Å². The van der Waals surface area contributed by atoms with E-state index in [4.69, 9.17) is 9.72 Å². The molecule has 26 heavy (non-hydrogen) atoms. The highest BCUT2D eigenvalue weighted by molar-refractivity contribution is 5.81. The molecule has 1 N–H and O–H groups in total. The van der Waals surface area contributed by atoms with Crippen molar-refractivity contribution in [1.82, 2.24) is 15.3 Å². The van der Waals surface area contributed by atoms with E-state index in [1.165, 1.54) is 18.6 Å². The zero-order valence-corrected chi connectivity index (χ0v) is 15.4. The van der Waals surface area contributed by atoms with E-state index in [9.17, 15) is 4.39 Å². The van der Waals surface area contributed by atoms with Crippen LogP contribution in [0.25, 0.3) is 10.9 Å². The molecule has 1 unspecified atom stereocenters. The molecule has 0 saturated carbocycles. The van der Waals surface area contributed by atoms with Crippen LogP contribution < -0.4 is 10.2 Å². The fraction of sp³-hybridized carbons (Fsp3) is 0.600. The second-order valence-electron chi connectivity index (χ2n) is 7.44. The van der Waals surface area contributed by atoms with E-state index < -0.39 is 0 Å². The molecule has 2 aromatic rings. The van der Waals surface area contributed by atoms with Crippen molar-refractivity contribution in [2.24, 2.45) is 0 Å². The SMILES string of the molecule is Cc1nc(N2CCCC(NC3CCOCC3)CC2)nc2ccc(F)cc12. The third kappa shape index (κ3) is 3.96. The van der Waals surface area contributed by atoms with Crippen LogP contribution >= 0.6 is 0 Å². The first kappa shape index (κ1) is 17.6. The standard InChI is InChI=1S/C20H27FN4O/c1-14-18-13-15(21)4-5-19(18)24-20(22-14)25-9-2-3-16(6-10-25)23-17-7-11-26-12-8-17/h4-5,13,16-17,23H,2-3,6-12H2,1H3. The number of rotatable bonds is 3. The Hall–Kier alpha value is -1.79. The van der Waals surface area contributed by atoms with Gasteiger partial charge in [0, 0.05) is 43.8 Å². The molecule has 2 saturated heterocycles. The average Bonchev–Trinajstić information content (AvgIpc) is 2.89. The zero-order chi connectivity index (χ0) is 17.9. The first-order chi connectivity index (χ1) is 12.7. The Morgan fingerprint density at radius 3 is 2.73 bits per heavy atom. The molecule has 5 nitrogen and oxygen atoms in total. The first-order valence-corrected chi connectivity index (χ1v) is 9.72. The van der Waals surface area contributed by atoms with Gasteiger partial charge in [0.2, 0.25) is 5.95 Å². The lowest BCUT2D eigenvalue weighted by Crippen LogP contribution is -2.42. The second-order valence-corrected chi connectivity index (χ2v) is 7.44. The van der Waals surface area contributed by atoms with Crippen molar-refractivity contribution in [3.63, 3.8) is 0 Å². The molecule has 6 heteroatoms. The van der Waals surface area contributed by atoms with Crippen molar-refractivity contribution < 1.29 is 9.13 Å². The number of aryl methyl sites for hydroxylation is 1. The van der Waals surface area contributed by atoms with Crippen LogP contribution in [0.3, 0.4) is 0 Å². The van der Waals surface area contributed by atoms with Crippen molar-refractivity contribution in [1.29, 1.82) is 0 Å². The highest BCUT2D eigenvalue weighted by Gasteiger charge is 2.23. The molecule has 4 rings (SSSR count). The lowest BCUT2D eigenvalue weighted by Gasteiger charge is -2.28. The van der Waals surface area contributed by atoms with Crippen LogP contribution in [0.1, 0.15) is 37.8 Å². The Morgan fingerprint density at radius 2 is 1.88 bits per heavy atom. The number of aromatic nitrogens is 2. The molecule has 2 aliphatic rings. The highest BCUT2D eigenvalue weighted by Crippen LogP contribution is 2.23. The number of hydrogen-bond acceptors (Lipinski definition) is 5. The van der Waals surface area contributed by atoms with E-state index in [-0.39, 0.29) is 5.82 Å². The summed E-state index contributed by atoms with van der Waals surface area (Å²) in [6, 6.07) is 5.88. The average molecular weight is 358 g/mol. The van der Waals surface area contributed by atoms with Crippen LogP contribution in [0.15, 0.2) is 18.2 Å². The molecule has 0 bridgehead atoms. The van der Waals surface area contributed by atoms with Gasteiger partial charge in [0.15, 0.2) is 0 Å². The summed E-state index contributed by atoms with van der Waals surface area (Å²) in [5.41, 5.74) is 1.65. The topological polar surface area (TPSA) is 50.3 Å². The minimum atomic E-state index is -0.242. The molecule has 1 atom stereocenters. The molecule has 3 heterocycles. The maximum absolute atomic E-state index is 13.5. The number of fused-ring (bicyclic) bond motifs is 1. The normalized spacial score (nSPS) is 22.5. The van der Waals surface area contributed by atoms with E-state index in [0.717, 1.165) is 74.5 Å². The lowest BCUT2D eigenvalue weighted by atomic mass is 10.0. The van der Waals surface area contributed by atoms with Crippen LogP contribution in [0.4, 0.5) is 10.3 Å². The predicted molar refractivity (Wildman–Crippen MR) is 101 cm³/mol. The molecule has 0 aliphatic carbocycles. The van der Waals surface area contributed by atoms with Gasteiger partial charge in [-0.3, -0.25) is 0 Å². The largest absolute Gasteiger partial charge is 0.381 e. The molecule has 1 aromatic carbocycles. The molecule has 0 radical (unpaired) electrons. The van der Waals surface area contributed by atoms with Gasteiger partial charge in [-0.2, -0.15) is 0 Å². The maximum atomic E-state index is 13.5. The van der Waals surface area contributed by atoms with Crippen molar-refractivity contribution >= 4 is 16.9 Å². The summed E-state index contributed by atoms with van der Waals surface area (Å²) in [5, 5.41) is 4.62. The van der Waals surface area contributed by atoms with Crippen LogP contribution in [-0.4, -0.2) is 48.4 Å². The van der Waals surface area contributed by atoms with Gasteiger partial charge >= 0.3 is 0 Å². The van der Waals surface area contributed by atoms with E-state index in [2.05, 4.69) is 15.2 Å². The van der Waals surface area contributed by atoms with Crippen LogP contribution in [0, 0.1) is 12.7 Å². The molecule has 2 fully saturated rings. The number of benzene rings is 1. The predicted octanol–water partition coefficient (Wildman–Crippen LogP) is 3.20. The van der Waals surface area contributed by atoms with Gasteiger partial charge in [-0.25, -0.2) is 14.4 Å². The molecule has 2 aliphatic heterocycles. The zero-order valence-electron chi connectivity index (χ0n) is 15.4. The Morgan fingerprint density at radius 1 is 1.08 bits per heavy atom. The third-order valence-corrected chi connectivity index (χ3v) is 5.54. The van der Waals surface area contributed by atoms with Gasteiger partial charge in [-0.05, 0) is 57.2 Å². The van der Waals surface area contributed by atoms with Gasteiger partial charge in [-0.15, -0.1) is 0 Å². The van der Waals surface area contributed by atoms with Crippen LogP contribution in [0.2, 0.25) is 0 Å². The lowest BCUT2D eigenvalue weighted by molar-refractivity contribution is 0.0744. The number of nitrogens with zero attached hydrogens (tertiary/aromatic N) is 3. The number of ether oxygens (including phenoxy) is 1. The summed E-state index contributed by atoms with van der Waals surface area (Å²) in [6.45, 7) is 5.61.